The van der Waals surface area contributed by atoms with Gasteiger partial charge in [-0.25, -0.2) is 9.37 Å². The molecule has 1 aromatic carbocycles. The highest BCUT2D eigenvalue weighted by atomic mass is 19.1. The Morgan fingerprint density at radius 3 is 3.00 bits per heavy atom. The lowest BCUT2D eigenvalue weighted by Crippen LogP contribution is -2.04. The fraction of sp³-hybridized carbons (Fsp3) is 0.214. The number of rotatable bonds is 5. The molecule has 1 aromatic heterocycles. The summed E-state index contributed by atoms with van der Waals surface area (Å²) in [6.45, 7) is 0.469. The maximum atomic E-state index is 13.5. The number of nitriles is 1. The molecule has 1 heterocycles. The van der Waals surface area contributed by atoms with Crippen molar-refractivity contribution in [3.8, 4) is 6.07 Å². The maximum Gasteiger partial charge on any atom is 0.141 e. The van der Waals surface area contributed by atoms with Gasteiger partial charge in [-0.05, 0) is 24.1 Å². The minimum atomic E-state index is -0.519. The smallest absolute Gasteiger partial charge is 0.141 e. The predicted octanol–water partition coefficient (Wildman–Crippen LogP) is 2.07. The van der Waals surface area contributed by atoms with Gasteiger partial charge in [0.2, 0.25) is 0 Å². The van der Waals surface area contributed by atoms with Crippen LogP contribution in [0, 0.1) is 17.1 Å². The summed E-state index contributed by atoms with van der Waals surface area (Å²) in [6.07, 6.45) is 5.26. The number of hydrogen-bond acceptors (Lipinski definition) is 3. The van der Waals surface area contributed by atoms with Crippen molar-refractivity contribution in [2.75, 3.05) is 0 Å². The molecule has 0 aliphatic rings. The molecule has 0 fully saturated rings. The van der Waals surface area contributed by atoms with E-state index < -0.39 is 5.82 Å². The minimum absolute atomic E-state index is 0.0376. The van der Waals surface area contributed by atoms with Gasteiger partial charge in [0, 0.05) is 24.9 Å². The first-order chi connectivity index (χ1) is 9.24. The van der Waals surface area contributed by atoms with Crippen LogP contribution < -0.4 is 0 Å². The highest BCUT2D eigenvalue weighted by Gasteiger charge is 2.06. The van der Waals surface area contributed by atoms with Crippen molar-refractivity contribution in [2.45, 2.75) is 19.4 Å². The first-order valence-electron chi connectivity index (χ1n) is 5.85. The third kappa shape index (κ3) is 3.05. The zero-order chi connectivity index (χ0) is 13.7. The number of benzene rings is 1. The van der Waals surface area contributed by atoms with Crippen LogP contribution in [0.3, 0.4) is 0 Å². The second kappa shape index (κ2) is 5.91. The Hall–Kier alpha value is -2.48. The van der Waals surface area contributed by atoms with E-state index in [1.807, 2.05) is 4.57 Å². The summed E-state index contributed by atoms with van der Waals surface area (Å²) >= 11 is 0. The van der Waals surface area contributed by atoms with Crippen molar-refractivity contribution in [3.05, 3.63) is 53.4 Å². The molecule has 2 rings (SSSR count). The summed E-state index contributed by atoms with van der Waals surface area (Å²) in [5.41, 5.74) is 1.72. The average Bonchev–Trinajstić information content (AvgIpc) is 2.84. The second-order valence-electron chi connectivity index (χ2n) is 4.14. The predicted molar refractivity (Wildman–Crippen MR) is 66.8 cm³/mol. The summed E-state index contributed by atoms with van der Waals surface area (Å²) in [4.78, 5) is 14.4. The van der Waals surface area contributed by atoms with Gasteiger partial charge in [-0.15, -0.1) is 0 Å². The number of imidazole rings is 1. The van der Waals surface area contributed by atoms with Crippen molar-refractivity contribution in [2.24, 2.45) is 0 Å². The average molecular weight is 257 g/mol. The Balaban J connectivity index is 2.17. The van der Waals surface area contributed by atoms with E-state index in [4.69, 9.17) is 5.26 Å². The monoisotopic (exact) mass is 257 g/mol. The number of aryl methyl sites for hydroxylation is 1. The Kier molecular flexibility index (Phi) is 4.04. The lowest BCUT2D eigenvalue weighted by atomic mass is 10.1. The molecule has 0 N–H and O–H groups in total. The molecule has 4 nitrogen and oxygen atoms in total. The van der Waals surface area contributed by atoms with E-state index in [9.17, 15) is 9.18 Å². The highest BCUT2D eigenvalue weighted by molar-refractivity contribution is 5.49. The van der Waals surface area contributed by atoms with E-state index >= 15 is 0 Å². The van der Waals surface area contributed by atoms with Gasteiger partial charge in [-0.2, -0.15) is 5.26 Å². The van der Waals surface area contributed by atoms with E-state index in [-0.39, 0.29) is 5.56 Å². The molecule has 5 heteroatoms. The minimum Gasteiger partial charge on any atom is -0.330 e. The SMILES string of the molecule is N#Cc1ccc(Cn2cncc2CCC=O)cc1F. The molecule has 2 aromatic rings. The molecular formula is C14H12FN3O. The van der Waals surface area contributed by atoms with Crippen LogP contribution in [0.15, 0.2) is 30.7 Å². The molecule has 0 bridgehead atoms. The summed E-state index contributed by atoms with van der Waals surface area (Å²) in [5.74, 6) is -0.519. The van der Waals surface area contributed by atoms with Gasteiger partial charge in [-0.3, -0.25) is 0 Å². The second-order valence-corrected chi connectivity index (χ2v) is 4.14. The van der Waals surface area contributed by atoms with Crippen LogP contribution in [0.1, 0.15) is 23.2 Å². The molecule has 0 saturated carbocycles. The van der Waals surface area contributed by atoms with Crippen molar-refractivity contribution in [3.63, 3.8) is 0 Å². The molecule has 0 spiro atoms. The lowest BCUT2D eigenvalue weighted by Gasteiger charge is -2.07. The van der Waals surface area contributed by atoms with Gasteiger partial charge in [0.05, 0.1) is 11.9 Å². The summed E-state index contributed by atoms with van der Waals surface area (Å²) < 4.78 is 15.4. The Bertz CT molecular complexity index is 628. The van der Waals surface area contributed by atoms with Gasteiger partial charge >= 0.3 is 0 Å². The molecule has 0 aliphatic carbocycles. The third-order valence-corrected chi connectivity index (χ3v) is 2.82. The molecule has 0 atom stereocenters. The normalized spacial score (nSPS) is 10.1. The molecular weight excluding hydrogens is 245 g/mol. The van der Waals surface area contributed by atoms with Crippen LogP contribution in [0.5, 0.6) is 0 Å². The van der Waals surface area contributed by atoms with Gasteiger partial charge in [0.25, 0.3) is 0 Å². The Labute approximate surface area is 110 Å². The topological polar surface area (TPSA) is 58.7 Å². The van der Waals surface area contributed by atoms with E-state index in [2.05, 4.69) is 4.98 Å². The van der Waals surface area contributed by atoms with Crippen LogP contribution in [0.25, 0.3) is 0 Å². The van der Waals surface area contributed by atoms with Gasteiger partial charge in [0.1, 0.15) is 18.2 Å². The van der Waals surface area contributed by atoms with Crippen molar-refractivity contribution >= 4 is 6.29 Å². The van der Waals surface area contributed by atoms with Crippen LogP contribution in [-0.4, -0.2) is 15.8 Å². The van der Waals surface area contributed by atoms with Crippen molar-refractivity contribution in [1.82, 2.24) is 9.55 Å². The number of carbonyl (C=O) groups is 1. The molecule has 0 unspecified atom stereocenters. The third-order valence-electron chi connectivity index (χ3n) is 2.82. The molecule has 0 amide bonds. The van der Waals surface area contributed by atoms with Crippen LogP contribution >= 0.6 is 0 Å². The van der Waals surface area contributed by atoms with Crippen molar-refractivity contribution in [1.29, 1.82) is 5.26 Å². The summed E-state index contributed by atoms with van der Waals surface area (Å²) in [5, 5.41) is 8.67. The number of halogens is 1. The first kappa shape index (κ1) is 13.0. The van der Waals surface area contributed by atoms with E-state index in [0.29, 0.717) is 19.4 Å². The zero-order valence-electron chi connectivity index (χ0n) is 10.2. The molecule has 0 saturated heterocycles. The standard InChI is InChI=1S/C14H12FN3O/c15-14-6-11(3-4-12(14)7-16)9-18-10-17-8-13(18)2-1-5-19/h3-6,8,10H,1-2,9H2. The fourth-order valence-corrected chi connectivity index (χ4v) is 1.85. The zero-order valence-corrected chi connectivity index (χ0v) is 10.2. The van der Waals surface area contributed by atoms with Crippen LogP contribution in [0.2, 0.25) is 0 Å². The van der Waals surface area contributed by atoms with Crippen molar-refractivity contribution < 1.29 is 9.18 Å². The Morgan fingerprint density at radius 2 is 2.32 bits per heavy atom. The number of hydrogen-bond donors (Lipinski definition) is 0. The van der Waals surface area contributed by atoms with E-state index in [1.165, 1.54) is 12.1 Å². The fourth-order valence-electron chi connectivity index (χ4n) is 1.85. The largest absolute Gasteiger partial charge is 0.330 e. The Morgan fingerprint density at radius 1 is 1.47 bits per heavy atom. The summed E-state index contributed by atoms with van der Waals surface area (Å²) in [6, 6.07) is 6.32. The molecule has 0 radical (unpaired) electrons. The van der Waals surface area contributed by atoms with E-state index in [0.717, 1.165) is 17.5 Å². The van der Waals surface area contributed by atoms with Crippen LogP contribution in [0.4, 0.5) is 4.39 Å². The molecule has 19 heavy (non-hydrogen) atoms. The lowest BCUT2D eigenvalue weighted by molar-refractivity contribution is -0.107. The first-order valence-corrected chi connectivity index (χ1v) is 5.85. The van der Waals surface area contributed by atoms with Crippen LogP contribution in [-0.2, 0) is 17.8 Å². The molecule has 96 valence electrons. The highest BCUT2D eigenvalue weighted by Crippen LogP contribution is 2.12. The quantitative estimate of drug-likeness (QED) is 0.770. The van der Waals surface area contributed by atoms with Gasteiger partial charge in [0.15, 0.2) is 0 Å². The summed E-state index contributed by atoms with van der Waals surface area (Å²) in [7, 11) is 0. The number of aldehydes is 1. The molecule has 0 aliphatic heterocycles. The number of carbonyl (C=O) groups excluding carboxylic acids is 1. The van der Waals surface area contributed by atoms with E-state index in [1.54, 1.807) is 24.7 Å². The number of aromatic nitrogens is 2. The maximum absolute atomic E-state index is 13.5. The number of nitrogens with zero attached hydrogens (tertiary/aromatic N) is 3. The van der Waals surface area contributed by atoms with Gasteiger partial charge < -0.3 is 9.36 Å². The van der Waals surface area contributed by atoms with Gasteiger partial charge in [-0.1, -0.05) is 6.07 Å².